The molecule has 0 spiro atoms. The molecule has 0 radical (unpaired) electrons. The van der Waals surface area contributed by atoms with Gasteiger partial charge in [0, 0.05) is 34.4 Å². The SMILES string of the molecule is O=C(O)CC1(NCc2cc(Br)cs2)CNC1. The Balaban J connectivity index is 1.90. The Morgan fingerprint density at radius 2 is 2.44 bits per heavy atom. The van der Waals surface area contributed by atoms with Gasteiger partial charge in [0.05, 0.1) is 12.0 Å². The van der Waals surface area contributed by atoms with Gasteiger partial charge in [-0.3, -0.25) is 4.79 Å². The lowest BCUT2D eigenvalue weighted by atomic mass is 9.88. The number of carboxylic acid groups (broad SMARTS) is 1. The molecule has 1 aromatic heterocycles. The first-order valence-electron chi connectivity index (χ1n) is 5.00. The second kappa shape index (κ2) is 4.83. The van der Waals surface area contributed by atoms with Crippen molar-refractivity contribution in [3.05, 3.63) is 20.8 Å². The normalized spacial score (nSPS) is 18.1. The second-order valence-electron chi connectivity index (χ2n) is 4.04. The van der Waals surface area contributed by atoms with E-state index < -0.39 is 5.97 Å². The number of halogens is 1. The number of carbonyl (C=O) groups is 1. The van der Waals surface area contributed by atoms with Crippen LogP contribution in [0.5, 0.6) is 0 Å². The lowest BCUT2D eigenvalue weighted by Gasteiger charge is -2.42. The van der Waals surface area contributed by atoms with Gasteiger partial charge in [0.15, 0.2) is 0 Å². The van der Waals surface area contributed by atoms with E-state index in [0.29, 0.717) is 0 Å². The molecule has 1 aliphatic heterocycles. The fourth-order valence-corrected chi connectivity index (χ4v) is 3.14. The van der Waals surface area contributed by atoms with Crippen molar-refractivity contribution in [2.45, 2.75) is 18.5 Å². The molecule has 0 unspecified atom stereocenters. The van der Waals surface area contributed by atoms with Gasteiger partial charge in [-0.2, -0.15) is 0 Å². The van der Waals surface area contributed by atoms with Crippen LogP contribution in [-0.4, -0.2) is 29.7 Å². The van der Waals surface area contributed by atoms with Gasteiger partial charge in [-0.15, -0.1) is 11.3 Å². The highest BCUT2D eigenvalue weighted by Crippen LogP contribution is 2.22. The molecular formula is C10H13BrN2O2S. The molecule has 0 atom stereocenters. The minimum atomic E-state index is -0.749. The van der Waals surface area contributed by atoms with Gasteiger partial charge in [-0.1, -0.05) is 0 Å². The van der Waals surface area contributed by atoms with Gasteiger partial charge >= 0.3 is 5.97 Å². The quantitative estimate of drug-likeness (QED) is 0.770. The highest BCUT2D eigenvalue weighted by atomic mass is 79.9. The fraction of sp³-hybridized carbons (Fsp3) is 0.500. The summed E-state index contributed by atoms with van der Waals surface area (Å²) in [7, 11) is 0. The van der Waals surface area contributed by atoms with Crippen LogP contribution < -0.4 is 10.6 Å². The van der Waals surface area contributed by atoms with E-state index in [1.54, 1.807) is 11.3 Å². The van der Waals surface area contributed by atoms with Gasteiger partial charge < -0.3 is 15.7 Å². The number of hydrogen-bond acceptors (Lipinski definition) is 4. The molecule has 0 aromatic carbocycles. The molecule has 3 N–H and O–H groups in total. The van der Waals surface area contributed by atoms with E-state index >= 15 is 0 Å². The second-order valence-corrected chi connectivity index (χ2v) is 5.95. The summed E-state index contributed by atoms with van der Waals surface area (Å²) in [5.74, 6) is -0.749. The van der Waals surface area contributed by atoms with Crippen LogP contribution in [0.4, 0.5) is 0 Å². The van der Waals surface area contributed by atoms with E-state index in [2.05, 4.69) is 32.6 Å². The summed E-state index contributed by atoms with van der Waals surface area (Å²) >= 11 is 5.07. The molecule has 0 saturated carbocycles. The number of nitrogens with one attached hydrogen (secondary N) is 2. The van der Waals surface area contributed by atoms with Crippen molar-refractivity contribution in [3.63, 3.8) is 0 Å². The fourth-order valence-electron chi connectivity index (χ4n) is 1.75. The van der Waals surface area contributed by atoms with E-state index in [-0.39, 0.29) is 12.0 Å². The maximum Gasteiger partial charge on any atom is 0.305 e. The molecule has 1 saturated heterocycles. The predicted octanol–water partition coefficient (Wildman–Crippen LogP) is 1.42. The Labute approximate surface area is 106 Å². The van der Waals surface area contributed by atoms with Crippen molar-refractivity contribution in [1.82, 2.24) is 10.6 Å². The molecule has 0 amide bonds. The topological polar surface area (TPSA) is 61.4 Å². The summed E-state index contributed by atoms with van der Waals surface area (Å²) in [4.78, 5) is 12.0. The first kappa shape index (κ1) is 12.0. The Morgan fingerprint density at radius 1 is 1.69 bits per heavy atom. The van der Waals surface area contributed by atoms with Crippen LogP contribution in [0, 0.1) is 0 Å². The zero-order valence-electron chi connectivity index (χ0n) is 8.62. The molecule has 88 valence electrons. The van der Waals surface area contributed by atoms with Gasteiger partial charge in [0.1, 0.15) is 0 Å². The first-order valence-corrected chi connectivity index (χ1v) is 6.67. The number of rotatable bonds is 5. The summed E-state index contributed by atoms with van der Waals surface area (Å²) in [6, 6.07) is 2.05. The number of carboxylic acids is 1. The third-order valence-electron chi connectivity index (χ3n) is 2.68. The van der Waals surface area contributed by atoms with E-state index in [4.69, 9.17) is 5.11 Å². The van der Waals surface area contributed by atoms with Crippen LogP contribution in [0.2, 0.25) is 0 Å². The lowest BCUT2D eigenvalue weighted by Crippen LogP contribution is -2.68. The molecule has 0 bridgehead atoms. The van der Waals surface area contributed by atoms with Gasteiger partial charge in [-0.05, 0) is 22.0 Å². The van der Waals surface area contributed by atoms with Crippen LogP contribution >= 0.6 is 27.3 Å². The maximum atomic E-state index is 10.8. The molecule has 6 heteroatoms. The number of hydrogen-bond donors (Lipinski definition) is 3. The summed E-state index contributed by atoms with van der Waals surface area (Å²) in [6.45, 7) is 2.18. The average Bonchev–Trinajstić information content (AvgIpc) is 2.55. The minimum Gasteiger partial charge on any atom is -0.481 e. The van der Waals surface area contributed by atoms with Crippen molar-refractivity contribution in [3.8, 4) is 0 Å². The van der Waals surface area contributed by atoms with Crippen molar-refractivity contribution >= 4 is 33.2 Å². The van der Waals surface area contributed by atoms with Crippen LogP contribution in [0.3, 0.4) is 0 Å². The summed E-state index contributed by atoms with van der Waals surface area (Å²) < 4.78 is 1.08. The predicted molar refractivity (Wildman–Crippen MR) is 66.7 cm³/mol. The van der Waals surface area contributed by atoms with Crippen molar-refractivity contribution in [2.24, 2.45) is 0 Å². The Hall–Kier alpha value is -0.430. The molecule has 1 fully saturated rings. The van der Waals surface area contributed by atoms with Crippen LogP contribution in [0.15, 0.2) is 15.9 Å². The minimum absolute atomic E-state index is 0.173. The molecule has 2 heterocycles. The average molecular weight is 305 g/mol. The van der Waals surface area contributed by atoms with Crippen molar-refractivity contribution in [1.29, 1.82) is 0 Å². The lowest BCUT2D eigenvalue weighted by molar-refractivity contribution is -0.139. The molecule has 1 aromatic rings. The Bertz CT molecular complexity index is 390. The van der Waals surface area contributed by atoms with E-state index in [0.717, 1.165) is 24.1 Å². The van der Waals surface area contributed by atoms with Crippen molar-refractivity contribution < 1.29 is 9.90 Å². The zero-order valence-corrected chi connectivity index (χ0v) is 11.0. The molecular weight excluding hydrogens is 292 g/mol. The van der Waals surface area contributed by atoms with Crippen LogP contribution in [-0.2, 0) is 11.3 Å². The highest BCUT2D eigenvalue weighted by molar-refractivity contribution is 9.10. The standard InChI is InChI=1S/C10H13BrN2O2S/c11-7-1-8(16-4-7)3-13-10(2-9(14)15)5-12-6-10/h1,4,12-13H,2-3,5-6H2,(H,14,15). The van der Waals surface area contributed by atoms with E-state index in [9.17, 15) is 4.79 Å². The third kappa shape index (κ3) is 2.82. The first-order chi connectivity index (χ1) is 7.60. The van der Waals surface area contributed by atoms with Crippen LogP contribution in [0.1, 0.15) is 11.3 Å². The Morgan fingerprint density at radius 3 is 2.88 bits per heavy atom. The Kier molecular flexibility index (Phi) is 3.63. The molecule has 2 rings (SSSR count). The summed E-state index contributed by atoms with van der Waals surface area (Å²) in [5.41, 5.74) is -0.262. The van der Waals surface area contributed by atoms with E-state index in [1.807, 2.05) is 5.38 Å². The number of aliphatic carboxylic acids is 1. The summed E-state index contributed by atoms with van der Waals surface area (Å²) in [6.07, 6.45) is 0.173. The monoisotopic (exact) mass is 304 g/mol. The molecule has 16 heavy (non-hydrogen) atoms. The molecule has 1 aliphatic rings. The van der Waals surface area contributed by atoms with Gasteiger partial charge in [0.25, 0.3) is 0 Å². The van der Waals surface area contributed by atoms with Crippen LogP contribution in [0.25, 0.3) is 0 Å². The molecule has 0 aliphatic carbocycles. The smallest absolute Gasteiger partial charge is 0.305 e. The summed E-state index contributed by atoms with van der Waals surface area (Å²) in [5, 5.41) is 17.3. The van der Waals surface area contributed by atoms with E-state index in [1.165, 1.54) is 4.88 Å². The maximum absolute atomic E-state index is 10.8. The van der Waals surface area contributed by atoms with Gasteiger partial charge in [-0.25, -0.2) is 0 Å². The van der Waals surface area contributed by atoms with Crippen molar-refractivity contribution in [2.75, 3.05) is 13.1 Å². The largest absolute Gasteiger partial charge is 0.481 e. The number of thiophene rings is 1. The third-order valence-corrected chi connectivity index (χ3v) is 4.37. The van der Waals surface area contributed by atoms with Gasteiger partial charge in [0.2, 0.25) is 0 Å². The highest BCUT2D eigenvalue weighted by Gasteiger charge is 2.38. The zero-order chi connectivity index (χ0) is 11.6. The molecule has 4 nitrogen and oxygen atoms in total.